The molecular formula is C15H16FN3. The second-order valence-corrected chi connectivity index (χ2v) is 4.86. The van der Waals surface area contributed by atoms with Crippen molar-refractivity contribution < 1.29 is 4.39 Å². The molecule has 1 aromatic heterocycles. The Kier molecular flexibility index (Phi) is 3.15. The Hall–Kier alpha value is -1.97. The van der Waals surface area contributed by atoms with E-state index in [9.17, 15) is 4.39 Å². The quantitative estimate of drug-likeness (QED) is 0.826. The normalized spacial score (nSPS) is 18.8. The summed E-state index contributed by atoms with van der Waals surface area (Å²) in [4.78, 5) is 10.1. The molecule has 1 aliphatic rings. The van der Waals surface area contributed by atoms with E-state index in [2.05, 4.69) is 27.0 Å². The fraction of sp³-hybridized carbons (Fsp3) is 0.333. The van der Waals surface area contributed by atoms with E-state index in [0.29, 0.717) is 11.5 Å². The predicted molar refractivity (Wildman–Crippen MR) is 72.5 cm³/mol. The van der Waals surface area contributed by atoms with Crippen LogP contribution in [0, 0.1) is 12.7 Å². The first-order valence-corrected chi connectivity index (χ1v) is 6.56. The van der Waals surface area contributed by atoms with E-state index in [0.717, 1.165) is 19.4 Å². The SMILES string of the molecule is Cc1ncnc(N2CCCC2c2ccccc2)c1F. The summed E-state index contributed by atoms with van der Waals surface area (Å²) in [7, 11) is 0. The molecule has 1 aromatic carbocycles. The first kappa shape index (κ1) is 12.1. The summed E-state index contributed by atoms with van der Waals surface area (Å²) in [6, 6.07) is 10.4. The summed E-state index contributed by atoms with van der Waals surface area (Å²) in [5.41, 5.74) is 1.62. The summed E-state index contributed by atoms with van der Waals surface area (Å²) in [5, 5.41) is 0. The van der Waals surface area contributed by atoms with Gasteiger partial charge in [-0.1, -0.05) is 30.3 Å². The van der Waals surface area contributed by atoms with Crippen molar-refractivity contribution in [3.8, 4) is 0 Å². The van der Waals surface area contributed by atoms with E-state index in [4.69, 9.17) is 0 Å². The molecule has 4 heteroatoms. The van der Waals surface area contributed by atoms with Crippen LogP contribution in [0.1, 0.15) is 30.1 Å². The fourth-order valence-electron chi connectivity index (χ4n) is 2.69. The molecule has 1 saturated heterocycles. The van der Waals surface area contributed by atoms with Crippen molar-refractivity contribution in [1.29, 1.82) is 0 Å². The maximum Gasteiger partial charge on any atom is 0.186 e. The molecule has 19 heavy (non-hydrogen) atoms. The number of hydrogen-bond acceptors (Lipinski definition) is 3. The second kappa shape index (κ2) is 4.96. The van der Waals surface area contributed by atoms with Gasteiger partial charge in [0.1, 0.15) is 6.33 Å². The van der Waals surface area contributed by atoms with Crippen LogP contribution in [0.25, 0.3) is 0 Å². The monoisotopic (exact) mass is 257 g/mol. The molecule has 1 unspecified atom stereocenters. The third-order valence-corrected chi connectivity index (χ3v) is 3.65. The third kappa shape index (κ3) is 2.18. The molecule has 0 bridgehead atoms. The lowest BCUT2D eigenvalue weighted by Crippen LogP contribution is -2.25. The highest BCUT2D eigenvalue weighted by Gasteiger charge is 2.29. The van der Waals surface area contributed by atoms with Gasteiger partial charge < -0.3 is 4.90 Å². The summed E-state index contributed by atoms with van der Waals surface area (Å²) in [6.07, 6.45) is 3.53. The maximum absolute atomic E-state index is 14.2. The van der Waals surface area contributed by atoms with Crippen LogP contribution in [0.2, 0.25) is 0 Å². The summed E-state index contributed by atoms with van der Waals surface area (Å²) in [5.74, 6) is 0.129. The van der Waals surface area contributed by atoms with Gasteiger partial charge >= 0.3 is 0 Å². The topological polar surface area (TPSA) is 29.0 Å². The minimum atomic E-state index is -0.301. The van der Waals surface area contributed by atoms with Crippen LogP contribution in [0.15, 0.2) is 36.7 Å². The highest BCUT2D eigenvalue weighted by atomic mass is 19.1. The van der Waals surface area contributed by atoms with Gasteiger partial charge in [0.25, 0.3) is 0 Å². The number of hydrogen-bond donors (Lipinski definition) is 0. The summed E-state index contributed by atoms with van der Waals surface area (Å²) in [6.45, 7) is 2.51. The Labute approximate surface area is 112 Å². The Morgan fingerprint density at radius 3 is 2.79 bits per heavy atom. The molecule has 0 N–H and O–H groups in total. The Morgan fingerprint density at radius 2 is 2.00 bits per heavy atom. The standard InChI is InChI=1S/C15H16FN3/c1-11-14(16)15(18-10-17-11)19-9-5-8-13(19)12-6-3-2-4-7-12/h2-4,6-7,10,13H,5,8-9H2,1H3. The lowest BCUT2D eigenvalue weighted by molar-refractivity contribution is 0.585. The van der Waals surface area contributed by atoms with E-state index >= 15 is 0 Å². The zero-order valence-corrected chi connectivity index (χ0v) is 10.9. The molecule has 0 amide bonds. The molecule has 0 aliphatic carbocycles. The van der Waals surface area contributed by atoms with Crippen LogP contribution < -0.4 is 4.90 Å². The van der Waals surface area contributed by atoms with Gasteiger partial charge in [-0.2, -0.15) is 0 Å². The smallest absolute Gasteiger partial charge is 0.186 e. The molecular weight excluding hydrogens is 241 g/mol. The van der Waals surface area contributed by atoms with Crippen molar-refractivity contribution in [1.82, 2.24) is 9.97 Å². The van der Waals surface area contributed by atoms with E-state index in [1.807, 2.05) is 18.2 Å². The van der Waals surface area contributed by atoms with Crippen LogP contribution in [0.5, 0.6) is 0 Å². The number of aryl methyl sites for hydroxylation is 1. The van der Waals surface area contributed by atoms with Gasteiger partial charge in [0.15, 0.2) is 11.6 Å². The second-order valence-electron chi connectivity index (χ2n) is 4.86. The minimum Gasteiger partial charge on any atom is -0.347 e. The van der Waals surface area contributed by atoms with Gasteiger partial charge in [-0.3, -0.25) is 0 Å². The van der Waals surface area contributed by atoms with Crippen molar-refractivity contribution in [2.24, 2.45) is 0 Å². The summed E-state index contributed by atoms with van der Waals surface area (Å²) >= 11 is 0. The van der Waals surface area contributed by atoms with Gasteiger partial charge in [-0.25, -0.2) is 14.4 Å². The Balaban J connectivity index is 1.98. The van der Waals surface area contributed by atoms with Crippen LogP contribution in [0.3, 0.4) is 0 Å². The maximum atomic E-state index is 14.2. The third-order valence-electron chi connectivity index (χ3n) is 3.65. The minimum absolute atomic E-state index is 0.213. The number of rotatable bonds is 2. The number of anilines is 1. The first-order chi connectivity index (χ1) is 9.27. The molecule has 1 atom stereocenters. The number of aromatic nitrogens is 2. The summed E-state index contributed by atoms with van der Waals surface area (Å²) < 4.78 is 14.2. The van der Waals surface area contributed by atoms with E-state index < -0.39 is 0 Å². The van der Waals surface area contributed by atoms with E-state index in [1.54, 1.807) is 6.92 Å². The van der Waals surface area contributed by atoms with Gasteiger partial charge in [0, 0.05) is 6.54 Å². The molecule has 98 valence electrons. The van der Waals surface area contributed by atoms with Gasteiger partial charge in [-0.15, -0.1) is 0 Å². The zero-order valence-electron chi connectivity index (χ0n) is 10.9. The molecule has 3 nitrogen and oxygen atoms in total. The largest absolute Gasteiger partial charge is 0.347 e. The van der Waals surface area contributed by atoms with Crippen molar-refractivity contribution in [3.05, 3.63) is 53.7 Å². The average molecular weight is 257 g/mol. The highest BCUT2D eigenvalue weighted by Crippen LogP contribution is 2.36. The predicted octanol–water partition coefficient (Wildman–Crippen LogP) is 3.27. The highest BCUT2D eigenvalue weighted by molar-refractivity contribution is 5.45. The molecule has 0 radical (unpaired) electrons. The molecule has 0 saturated carbocycles. The molecule has 0 spiro atoms. The van der Waals surface area contributed by atoms with Gasteiger partial charge in [0.2, 0.25) is 0 Å². The lowest BCUT2D eigenvalue weighted by atomic mass is 10.0. The van der Waals surface area contributed by atoms with Crippen LogP contribution in [-0.4, -0.2) is 16.5 Å². The molecule has 1 fully saturated rings. The molecule has 1 aliphatic heterocycles. The fourth-order valence-corrected chi connectivity index (χ4v) is 2.69. The van der Waals surface area contributed by atoms with Crippen molar-refractivity contribution in [2.75, 3.05) is 11.4 Å². The van der Waals surface area contributed by atoms with Crippen LogP contribution in [0.4, 0.5) is 10.2 Å². The number of nitrogens with zero attached hydrogens (tertiary/aromatic N) is 3. The zero-order chi connectivity index (χ0) is 13.2. The average Bonchev–Trinajstić information content (AvgIpc) is 2.92. The number of benzene rings is 1. The van der Waals surface area contributed by atoms with Crippen molar-refractivity contribution >= 4 is 5.82 Å². The molecule has 2 aromatic rings. The van der Waals surface area contributed by atoms with E-state index in [1.165, 1.54) is 11.9 Å². The Morgan fingerprint density at radius 1 is 1.21 bits per heavy atom. The molecule has 3 rings (SSSR count). The first-order valence-electron chi connectivity index (χ1n) is 6.56. The van der Waals surface area contributed by atoms with Crippen LogP contribution >= 0.6 is 0 Å². The Bertz CT molecular complexity index is 571. The lowest BCUT2D eigenvalue weighted by Gasteiger charge is -2.26. The van der Waals surface area contributed by atoms with E-state index in [-0.39, 0.29) is 11.9 Å². The van der Waals surface area contributed by atoms with Gasteiger partial charge in [-0.05, 0) is 25.3 Å². The van der Waals surface area contributed by atoms with Crippen LogP contribution in [-0.2, 0) is 0 Å². The molecule has 2 heterocycles. The number of halogens is 1. The van der Waals surface area contributed by atoms with Gasteiger partial charge in [0.05, 0.1) is 11.7 Å². The van der Waals surface area contributed by atoms with Crippen molar-refractivity contribution in [2.45, 2.75) is 25.8 Å². The van der Waals surface area contributed by atoms with Crippen molar-refractivity contribution in [3.63, 3.8) is 0 Å².